The third kappa shape index (κ3) is 2.44. The van der Waals surface area contributed by atoms with E-state index in [4.69, 9.17) is 0 Å². The summed E-state index contributed by atoms with van der Waals surface area (Å²) in [6, 6.07) is 2.48. The smallest absolute Gasteiger partial charge is 0.296 e. The van der Waals surface area contributed by atoms with Crippen LogP contribution in [0.1, 0.15) is 64.5 Å². The Hall–Kier alpha value is -1.58. The largest absolute Gasteiger partial charge is 0.480 e. The summed E-state index contributed by atoms with van der Waals surface area (Å²) in [4.78, 5) is 8.55. The minimum atomic E-state index is 0.0810. The van der Waals surface area contributed by atoms with E-state index < -0.39 is 0 Å². The lowest BCUT2D eigenvalue weighted by Crippen LogP contribution is -2.06. The van der Waals surface area contributed by atoms with Crippen LogP contribution in [0.15, 0.2) is 12.3 Å². The molecule has 0 aliphatic carbocycles. The van der Waals surface area contributed by atoms with Gasteiger partial charge in [-0.2, -0.15) is 4.98 Å². The molecule has 1 unspecified atom stereocenters. The number of fused-ring (bicyclic) bond motifs is 1. The van der Waals surface area contributed by atoms with Gasteiger partial charge in [-0.05, 0) is 36.8 Å². The molecule has 2 aromatic rings. The highest BCUT2D eigenvalue weighted by molar-refractivity contribution is 5.73. The third-order valence-corrected chi connectivity index (χ3v) is 4.04. The molecule has 0 saturated carbocycles. The van der Waals surface area contributed by atoms with Crippen molar-refractivity contribution in [2.75, 3.05) is 0 Å². The van der Waals surface area contributed by atoms with Crippen LogP contribution in [0.4, 0.5) is 0 Å². The van der Waals surface area contributed by atoms with E-state index in [0.29, 0.717) is 11.6 Å². The van der Waals surface area contributed by atoms with Crippen molar-refractivity contribution in [3.8, 4) is 6.01 Å². The molecule has 0 fully saturated rings. The topological polar surface area (TPSA) is 50.9 Å². The molecule has 2 heterocycles. The van der Waals surface area contributed by atoms with E-state index >= 15 is 0 Å². The molecule has 19 heavy (non-hydrogen) atoms. The Morgan fingerprint density at radius 1 is 1.21 bits per heavy atom. The fourth-order valence-corrected chi connectivity index (χ4v) is 2.50. The zero-order chi connectivity index (χ0) is 14.0. The molecule has 0 aliphatic heterocycles. The SMILES string of the molecule is CCC(C)c1cnc2nc(O)n(C(CC)CC)c2c1. The highest BCUT2D eigenvalue weighted by Crippen LogP contribution is 2.30. The van der Waals surface area contributed by atoms with Crippen molar-refractivity contribution in [2.24, 2.45) is 0 Å². The predicted octanol–water partition coefficient (Wildman–Crippen LogP) is 4.01. The second kappa shape index (κ2) is 5.59. The first kappa shape index (κ1) is 13.8. The molecule has 1 atom stereocenters. The lowest BCUT2D eigenvalue weighted by atomic mass is 10.0. The molecule has 2 aromatic heterocycles. The summed E-state index contributed by atoms with van der Waals surface area (Å²) < 4.78 is 1.92. The van der Waals surface area contributed by atoms with Crippen molar-refractivity contribution in [3.05, 3.63) is 17.8 Å². The highest BCUT2D eigenvalue weighted by Gasteiger charge is 2.18. The number of hydrogen-bond acceptors (Lipinski definition) is 3. The first-order valence-corrected chi connectivity index (χ1v) is 7.19. The molecule has 2 rings (SSSR count). The quantitative estimate of drug-likeness (QED) is 0.884. The minimum Gasteiger partial charge on any atom is -0.480 e. The number of rotatable bonds is 5. The fraction of sp³-hybridized carbons (Fsp3) is 0.600. The molecule has 0 aromatic carbocycles. The first-order chi connectivity index (χ1) is 9.12. The molecule has 104 valence electrons. The first-order valence-electron chi connectivity index (χ1n) is 7.19. The van der Waals surface area contributed by atoms with E-state index in [1.807, 2.05) is 10.8 Å². The Bertz CT molecular complexity index is 558. The Morgan fingerprint density at radius 2 is 1.89 bits per heavy atom. The van der Waals surface area contributed by atoms with Gasteiger partial charge in [-0.1, -0.05) is 27.7 Å². The van der Waals surface area contributed by atoms with Gasteiger partial charge >= 0.3 is 0 Å². The average molecular weight is 261 g/mol. The summed E-state index contributed by atoms with van der Waals surface area (Å²) >= 11 is 0. The van der Waals surface area contributed by atoms with Gasteiger partial charge in [0.25, 0.3) is 6.01 Å². The Labute approximate surface area is 114 Å². The summed E-state index contributed by atoms with van der Waals surface area (Å²) in [5, 5.41) is 10.1. The number of aromatic nitrogens is 3. The summed E-state index contributed by atoms with van der Waals surface area (Å²) in [6.45, 7) is 8.63. The lowest BCUT2D eigenvalue weighted by molar-refractivity contribution is 0.361. The maximum Gasteiger partial charge on any atom is 0.296 e. The standard InChI is InChI=1S/C15H23N3O/c1-5-10(4)11-8-13-14(16-9-11)17-15(19)18(13)12(6-2)7-3/h8-10,12H,5-7H2,1-4H3,(H,16,17,19). The zero-order valence-electron chi connectivity index (χ0n) is 12.2. The molecule has 0 amide bonds. The van der Waals surface area contributed by atoms with Gasteiger partial charge in [-0.25, -0.2) is 4.98 Å². The van der Waals surface area contributed by atoms with Gasteiger partial charge in [-0.15, -0.1) is 0 Å². The average Bonchev–Trinajstić information content (AvgIpc) is 2.75. The molecule has 1 N–H and O–H groups in total. The van der Waals surface area contributed by atoms with Gasteiger partial charge in [0.15, 0.2) is 5.65 Å². The van der Waals surface area contributed by atoms with Crippen molar-refractivity contribution in [3.63, 3.8) is 0 Å². The van der Waals surface area contributed by atoms with Crippen molar-refractivity contribution in [2.45, 2.75) is 58.9 Å². The molecule has 4 nitrogen and oxygen atoms in total. The van der Waals surface area contributed by atoms with Crippen molar-refractivity contribution in [1.29, 1.82) is 0 Å². The molecule has 4 heteroatoms. The van der Waals surface area contributed by atoms with E-state index in [9.17, 15) is 5.11 Å². The van der Waals surface area contributed by atoms with E-state index in [1.54, 1.807) is 0 Å². The summed E-state index contributed by atoms with van der Waals surface area (Å²) in [5.41, 5.74) is 2.79. The second-order valence-electron chi connectivity index (χ2n) is 5.17. The van der Waals surface area contributed by atoms with Crippen molar-refractivity contribution in [1.82, 2.24) is 14.5 Å². The van der Waals surface area contributed by atoms with E-state index in [1.165, 1.54) is 5.56 Å². The van der Waals surface area contributed by atoms with Gasteiger partial charge in [-0.3, -0.25) is 4.57 Å². The van der Waals surface area contributed by atoms with Gasteiger partial charge in [0, 0.05) is 12.2 Å². The van der Waals surface area contributed by atoms with Crippen LogP contribution < -0.4 is 0 Å². The van der Waals surface area contributed by atoms with Crippen LogP contribution in [0.5, 0.6) is 6.01 Å². The molecular formula is C15H23N3O. The Kier molecular flexibility index (Phi) is 4.08. The summed E-state index contributed by atoms with van der Waals surface area (Å²) in [5.74, 6) is 0.476. The maximum atomic E-state index is 10.1. The maximum absolute atomic E-state index is 10.1. The summed E-state index contributed by atoms with van der Waals surface area (Å²) in [6.07, 6.45) is 4.91. The minimum absolute atomic E-state index is 0.0810. The summed E-state index contributed by atoms with van der Waals surface area (Å²) in [7, 11) is 0. The van der Waals surface area contributed by atoms with Gasteiger partial charge < -0.3 is 5.11 Å². The van der Waals surface area contributed by atoms with E-state index in [-0.39, 0.29) is 12.1 Å². The second-order valence-corrected chi connectivity index (χ2v) is 5.17. The number of imidazole rings is 1. The lowest BCUT2D eigenvalue weighted by Gasteiger charge is -2.16. The monoisotopic (exact) mass is 261 g/mol. The Morgan fingerprint density at radius 3 is 2.47 bits per heavy atom. The van der Waals surface area contributed by atoms with Crippen molar-refractivity contribution < 1.29 is 5.11 Å². The van der Waals surface area contributed by atoms with E-state index in [2.05, 4.69) is 43.7 Å². The van der Waals surface area contributed by atoms with E-state index in [0.717, 1.165) is 24.8 Å². The van der Waals surface area contributed by atoms with Crippen LogP contribution in [0.2, 0.25) is 0 Å². The molecule has 0 saturated heterocycles. The van der Waals surface area contributed by atoms with Crippen LogP contribution >= 0.6 is 0 Å². The van der Waals surface area contributed by atoms with Gasteiger partial charge in [0.2, 0.25) is 0 Å². The molecular weight excluding hydrogens is 238 g/mol. The molecule has 0 aliphatic rings. The Balaban J connectivity index is 2.59. The van der Waals surface area contributed by atoms with Crippen LogP contribution in [-0.2, 0) is 0 Å². The number of pyridine rings is 1. The van der Waals surface area contributed by atoms with Crippen LogP contribution in [0.25, 0.3) is 11.2 Å². The highest BCUT2D eigenvalue weighted by atomic mass is 16.3. The third-order valence-electron chi connectivity index (χ3n) is 4.04. The normalized spacial score (nSPS) is 13.3. The number of aromatic hydroxyl groups is 1. The zero-order valence-corrected chi connectivity index (χ0v) is 12.2. The number of nitrogens with zero attached hydrogens (tertiary/aromatic N) is 3. The number of hydrogen-bond donors (Lipinski definition) is 1. The van der Waals surface area contributed by atoms with Gasteiger partial charge in [0.05, 0.1) is 5.52 Å². The molecule has 0 bridgehead atoms. The van der Waals surface area contributed by atoms with Crippen LogP contribution in [0, 0.1) is 0 Å². The van der Waals surface area contributed by atoms with Crippen LogP contribution in [0.3, 0.4) is 0 Å². The fourth-order valence-electron chi connectivity index (χ4n) is 2.50. The predicted molar refractivity (Wildman–Crippen MR) is 77.5 cm³/mol. The van der Waals surface area contributed by atoms with Crippen LogP contribution in [-0.4, -0.2) is 19.6 Å². The van der Waals surface area contributed by atoms with Crippen molar-refractivity contribution >= 4 is 11.2 Å². The van der Waals surface area contributed by atoms with Gasteiger partial charge in [0.1, 0.15) is 0 Å². The molecule has 0 radical (unpaired) electrons. The molecule has 0 spiro atoms.